The zero-order valence-corrected chi connectivity index (χ0v) is 19.6. The van der Waals surface area contributed by atoms with Gasteiger partial charge >= 0.3 is 0 Å². The van der Waals surface area contributed by atoms with Gasteiger partial charge in [0.15, 0.2) is 0 Å². The topological polar surface area (TPSA) is 87.6 Å². The monoisotopic (exact) mass is 483 g/mol. The molecular formula is C27H26FN7O. The zero-order valence-electron chi connectivity index (χ0n) is 19.6. The summed E-state index contributed by atoms with van der Waals surface area (Å²) in [6, 6.07) is 23.6. The molecule has 1 aliphatic rings. The van der Waals surface area contributed by atoms with E-state index >= 15 is 0 Å². The van der Waals surface area contributed by atoms with Crippen molar-refractivity contribution >= 4 is 29.7 Å². The normalized spacial score (nSPS) is 13.2. The molecule has 182 valence electrons. The molecule has 4 aromatic rings. The Morgan fingerprint density at radius 2 is 1.67 bits per heavy atom. The van der Waals surface area contributed by atoms with Crippen LogP contribution >= 0.6 is 0 Å². The zero-order chi connectivity index (χ0) is 24.6. The summed E-state index contributed by atoms with van der Waals surface area (Å²) in [5.41, 5.74) is 5.55. The van der Waals surface area contributed by atoms with Crippen LogP contribution in [-0.4, -0.2) is 34.3 Å². The van der Waals surface area contributed by atoms with Gasteiger partial charge in [0, 0.05) is 18.8 Å². The van der Waals surface area contributed by atoms with E-state index in [0.29, 0.717) is 30.2 Å². The number of anilines is 4. The quantitative estimate of drug-likeness (QED) is 0.244. The second-order valence-corrected chi connectivity index (χ2v) is 8.33. The van der Waals surface area contributed by atoms with Gasteiger partial charge in [0.2, 0.25) is 17.8 Å². The Hall–Kier alpha value is -4.53. The van der Waals surface area contributed by atoms with Crippen LogP contribution in [0.5, 0.6) is 5.75 Å². The van der Waals surface area contributed by atoms with Crippen molar-refractivity contribution in [1.29, 1.82) is 0 Å². The minimum atomic E-state index is -0.266. The number of hydrogen-bond acceptors (Lipinski definition) is 8. The summed E-state index contributed by atoms with van der Waals surface area (Å²) in [6.07, 6.45) is 3.91. The molecule has 0 radical (unpaired) electrons. The maximum atomic E-state index is 13.1. The molecule has 0 spiro atoms. The lowest BCUT2D eigenvalue weighted by molar-refractivity contribution is 0.306. The summed E-state index contributed by atoms with van der Waals surface area (Å²) >= 11 is 0. The van der Waals surface area contributed by atoms with Crippen molar-refractivity contribution in [3.8, 4) is 5.75 Å². The molecule has 1 aliphatic heterocycles. The standard InChI is InChI=1S/C27H26FN7O/c28-22-13-11-20(12-14-22)19-36-24-10-6-7-21(17-24)18-29-34-26-31-25(30-23-8-2-1-3-9-23)32-27(33-26)35-15-4-5-16-35/h1-3,6-14,17-18H,4-5,15-16,19H2,(H2,30,31,32,33,34)/b29-18-. The SMILES string of the molecule is Fc1ccc(COc2cccc(/C=N\Nc3nc(Nc4ccccc4)nc(N4CCCC4)n3)c2)cc1. The van der Waals surface area contributed by atoms with Crippen molar-refractivity contribution in [2.45, 2.75) is 19.4 Å². The van der Waals surface area contributed by atoms with Gasteiger partial charge in [0.05, 0.1) is 6.21 Å². The van der Waals surface area contributed by atoms with Crippen molar-refractivity contribution < 1.29 is 9.13 Å². The first-order valence-electron chi connectivity index (χ1n) is 11.8. The summed E-state index contributed by atoms with van der Waals surface area (Å²) in [7, 11) is 0. The fraction of sp³-hybridized carbons (Fsp3) is 0.185. The fourth-order valence-electron chi connectivity index (χ4n) is 3.78. The van der Waals surface area contributed by atoms with Gasteiger partial charge in [-0.3, -0.25) is 0 Å². The second-order valence-electron chi connectivity index (χ2n) is 8.33. The third-order valence-electron chi connectivity index (χ3n) is 5.60. The minimum absolute atomic E-state index is 0.266. The van der Waals surface area contributed by atoms with Crippen molar-refractivity contribution in [3.63, 3.8) is 0 Å². The van der Waals surface area contributed by atoms with E-state index in [1.54, 1.807) is 18.3 Å². The predicted octanol–water partition coefficient (Wildman–Crippen LogP) is 5.38. The molecule has 0 unspecified atom stereocenters. The number of halogens is 1. The molecule has 0 aliphatic carbocycles. The minimum Gasteiger partial charge on any atom is -0.489 e. The molecule has 1 aromatic heterocycles. The van der Waals surface area contributed by atoms with E-state index in [-0.39, 0.29) is 5.82 Å². The number of nitrogens with zero attached hydrogens (tertiary/aromatic N) is 5. The number of hydrogen-bond donors (Lipinski definition) is 2. The highest BCUT2D eigenvalue weighted by molar-refractivity contribution is 5.80. The Kier molecular flexibility index (Phi) is 7.27. The van der Waals surface area contributed by atoms with Crippen LogP contribution in [0, 0.1) is 5.82 Å². The molecule has 0 bridgehead atoms. The Morgan fingerprint density at radius 3 is 2.47 bits per heavy atom. The highest BCUT2D eigenvalue weighted by atomic mass is 19.1. The maximum absolute atomic E-state index is 13.1. The summed E-state index contributed by atoms with van der Waals surface area (Å²) in [6.45, 7) is 2.19. The lowest BCUT2D eigenvalue weighted by atomic mass is 10.2. The molecule has 8 nitrogen and oxygen atoms in total. The van der Waals surface area contributed by atoms with Crippen molar-refractivity contribution in [1.82, 2.24) is 15.0 Å². The summed E-state index contributed by atoms with van der Waals surface area (Å²) < 4.78 is 18.9. The van der Waals surface area contributed by atoms with Crippen LogP contribution in [0.3, 0.4) is 0 Å². The van der Waals surface area contributed by atoms with Gasteiger partial charge in [-0.15, -0.1) is 0 Å². The van der Waals surface area contributed by atoms with Gasteiger partial charge in [-0.1, -0.05) is 42.5 Å². The largest absolute Gasteiger partial charge is 0.489 e. The maximum Gasteiger partial charge on any atom is 0.250 e. The number of benzene rings is 3. The Labute approximate surface area is 208 Å². The van der Waals surface area contributed by atoms with Gasteiger partial charge in [0.25, 0.3) is 0 Å². The van der Waals surface area contributed by atoms with Crippen LogP contribution < -0.4 is 20.4 Å². The Balaban J connectivity index is 1.27. The van der Waals surface area contributed by atoms with Crippen molar-refractivity contribution in [2.24, 2.45) is 5.10 Å². The summed E-state index contributed by atoms with van der Waals surface area (Å²) in [4.78, 5) is 15.8. The molecule has 5 rings (SSSR count). The summed E-state index contributed by atoms with van der Waals surface area (Å²) in [5, 5.41) is 7.56. The Bertz CT molecular complexity index is 1310. The molecule has 2 heterocycles. The van der Waals surface area contributed by atoms with E-state index in [0.717, 1.165) is 42.7 Å². The molecule has 0 atom stereocenters. The van der Waals surface area contributed by atoms with E-state index in [2.05, 4.69) is 35.7 Å². The second kappa shape index (κ2) is 11.3. The van der Waals surface area contributed by atoms with Crippen LogP contribution in [0.1, 0.15) is 24.0 Å². The van der Waals surface area contributed by atoms with E-state index in [1.807, 2.05) is 54.6 Å². The highest BCUT2D eigenvalue weighted by Gasteiger charge is 2.17. The molecule has 2 N–H and O–H groups in total. The smallest absolute Gasteiger partial charge is 0.250 e. The first kappa shape index (κ1) is 23.2. The van der Waals surface area contributed by atoms with Crippen molar-refractivity contribution in [2.75, 3.05) is 28.7 Å². The van der Waals surface area contributed by atoms with Crippen LogP contribution in [0.25, 0.3) is 0 Å². The van der Waals surface area contributed by atoms with Crippen molar-refractivity contribution in [3.05, 3.63) is 95.8 Å². The number of aromatic nitrogens is 3. The highest BCUT2D eigenvalue weighted by Crippen LogP contribution is 2.21. The van der Waals surface area contributed by atoms with Gasteiger partial charge in [-0.2, -0.15) is 20.1 Å². The predicted molar refractivity (Wildman–Crippen MR) is 139 cm³/mol. The number of hydrazone groups is 1. The van der Waals surface area contributed by atoms with Crippen LogP contribution in [0.2, 0.25) is 0 Å². The van der Waals surface area contributed by atoms with E-state index in [9.17, 15) is 4.39 Å². The average molecular weight is 484 g/mol. The van der Waals surface area contributed by atoms with Crippen LogP contribution in [0.15, 0.2) is 84.0 Å². The third kappa shape index (κ3) is 6.32. The van der Waals surface area contributed by atoms with E-state index in [4.69, 9.17) is 4.74 Å². The average Bonchev–Trinajstić information content (AvgIpc) is 3.45. The molecule has 0 amide bonds. The van der Waals surface area contributed by atoms with E-state index < -0.39 is 0 Å². The molecule has 36 heavy (non-hydrogen) atoms. The number of para-hydroxylation sites is 1. The number of ether oxygens (including phenoxy) is 1. The van der Waals surface area contributed by atoms with Gasteiger partial charge in [0.1, 0.15) is 18.2 Å². The van der Waals surface area contributed by atoms with Gasteiger partial charge in [-0.25, -0.2) is 9.82 Å². The van der Waals surface area contributed by atoms with Gasteiger partial charge in [-0.05, 0) is 60.4 Å². The van der Waals surface area contributed by atoms with Crippen LogP contribution in [-0.2, 0) is 6.61 Å². The molecule has 1 saturated heterocycles. The summed E-state index contributed by atoms with van der Waals surface area (Å²) in [5.74, 6) is 1.85. The fourth-order valence-corrected chi connectivity index (χ4v) is 3.78. The number of rotatable bonds is 9. The molecule has 3 aromatic carbocycles. The molecule has 0 saturated carbocycles. The van der Waals surface area contributed by atoms with Crippen LogP contribution in [0.4, 0.5) is 27.9 Å². The van der Waals surface area contributed by atoms with E-state index in [1.165, 1.54) is 12.1 Å². The molecule has 9 heteroatoms. The first-order valence-corrected chi connectivity index (χ1v) is 11.8. The molecular weight excluding hydrogens is 457 g/mol. The lowest BCUT2D eigenvalue weighted by Gasteiger charge is -2.16. The first-order chi connectivity index (χ1) is 17.7. The third-order valence-corrected chi connectivity index (χ3v) is 5.60. The number of nitrogens with one attached hydrogen (secondary N) is 2. The Morgan fingerprint density at radius 1 is 0.889 bits per heavy atom. The van der Waals surface area contributed by atoms with Gasteiger partial charge < -0.3 is 15.0 Å². The molecule has 1 fully saturated rings. The lowest BCUT2D eigenvalue weighted by Crippen LogP contribution is -2.21.